The van der Waals surface area contributed by atoms with Gasteiger partial charge in [0.05, 0.1) is 7.11 Å². The molecule has 0 heterocycles. The largest absolute Gasteiger partial charge is 0.496 e. The summed E-state index contributed by atoms with van der Waals surface area (Å²) in [6, 6.07) is 5.47. The summed E-state index contributed by atoms with van der Waals surface area (Å²) in [6.07, 6.45) is 3.22. The molecule has 1 aromatic carbocycles. The van der Waals surface area contributed by atoms with E-state index in [9.17, 15) is 4.79 Å². The lowest BCUT2D eigenvalue weighted by molar-refractivity contribution is -0.137. The number of ether oxygens (including phenoxy) is 1. The molecule has 0 atom stereocenters. The van der Waals surface area contributed by atoms with E-state index in [0.717, 1.165) is 24.2 Å². The SMILES string of the molecule is COc1ccc(Cl)cc1CN(C)C(=O)C1CCC1. The summed E-state index contributed by atoms with van der Waals surface area (Å²) < 4.78 is 5.29. The molecule has 0 aromatic heterocycles. The van der Waals surface area contributed by atoms with E-state index in [1.807, 2.05) is 19.2 Å². The van der Waals surface area contributed by atoms with Gasteiger partial charge in [-0.3, -0.25) is 4.79 Å². The molecule has 0 N–H and O–H groups in total. The van der Waals surface area contributed by atoms with Crippen LogP contribution in [0.5, 0.6) is 5.75 Å². The van der Waals surface area contributed by atoms with Gasteiger partial charge in [0.2, 0.25) is 5.91 Å². The van der Waals surface area contributed by atoms with Crippen molar-refractivity contribution < 1.29 is 9.53 Å². The third-order valence-electron chi connectivity index (χ3n) is 3.48. The number of rotatable bonds is 4. The van der Waals surface area contributed by atoms with Gasteiger partial charge in [0.25, 0.3) is 0 Å². The first-order chi connectivity index (χ1) is 8.61. The number of hydrogen-bond acceptors (Lipinski definition) is 2. The second-order valence-corrected chi connectivity index (χ2v) is 5.21. The molecule has 98 valence electrons. The molecular weight excluding hydrogens is 250 g/mol. The lowest BCUT2D eigenvalue weighted by Crippen LogP contribution is -2.35. The molecule has 1 aliphatic carbocycles. The maximum absolute atomic E-state index is 12.1. The molecule has 1 aliphatic rings. The topological polar surface area (TPSA) is 29.5 Å². The van der Waals surface area contributed by atoms with E-state index < -0.39 is 0 Å². The summed E-state index contributed by atoms with van der Waals surface area (Å²) in [7, 11) is 3.46. The fourth-order valence-electron chi connectivity index (χ4n) is 2.17. The molecule has 0 saturated heterocycles. The molecule has 1 fully saturated rings. The van der Waals surface area contributed by atoms with E-state index >= 15 is 0 Å². The Morgan fingerprint density at radius 1 is 1.50 bits per heavy atom. The van der Waals surface area contributed by atoms with Gasteiger partial charge in [-0.05, 0) is 31.0 Å². The third-order valence-corrected chi connectivity index (χ3v) is 3.72. The molecule has 18 heavy (non-hydrogen) atoms. The van der Waals surface area contributed by atoms with Crippen LogP contribution >= 0.6 is 11.6 Å². The maximum Gasteiger partial charge on any atom is 0.225 e. The Kier molecular flexibility index (Phi) is 4.12. The van der Waals surface area contributed by atoms with Crippen LogP contribution in [0, 0.1) is 5.92 Å². The van der Waals surface area contributed by atoms with Crippen LogP contribution in [0.2, 0.25) is 5.02 Å². The lowest BCUT2D eigenvalue weighted by atomic mass is 9.84. The van der Waals surface area contributed by atoms with Crippen LogP contribution < -0.4 is 4.74 Å². The molecule has 0 spiro atoms. The Morgan fingerprint density at radius 3 is 2.78 bits per heavy atom. The zero-order valence-electron chi connectivity index (χ0n) is 10.8. The van der Waals surface area contributed by atoms with Gasteiger partial charge in [-0.2, -0.15) is 0 Å². The highest BCUT2D eigenvalue weighted by Crippen LogP contribution is 2.29. The first kappa shape index (κ1) is 13.2. The summed E-state index contributed by atoms with van der Waals surface area (Å²) in [5.41, 5.74) is 0.945. The Labute approximate surface area is 113 Å². The molecule has 0 unspecified atom stereocenters. The van der Waals surface area contributed by atoms with E-state index in [4.69, 9.17) is 16.3 Å². The second-order valence-electron chi connectivity index (χ2n) is 4.78. The molecule has 3 nitrogen and oxygen atoms in total. The van der Waals surface area contributed by atoms with Crippen molar-refractivity contribution in [1.82, 2.24) is 4.90 Å². The molecule has 0 aliphatic heterocycles. The van der Waals surface area contributed by atoms with E-state index in [1.54, 1.807) is 18.1 Å². The number of methoxy groups -OCH3 is 1. The van der Waals surface area contributed by atoms with Gasteiger partial charge < -0.3 is 9.64 Å². The van der Waals surface area contributed by atoms with Gasteiger partial charge in [0.1, 0.15) is 5.75 Å². The highest BCUT2D eigenvalue weighted by Gasteiger charge is 2.28. The van der Waals surface area contributed by atoms with Gasteiger partial charge in [0, 0.05) is 30.1 Å². The number of halogens is 1. The third kappa shape index (κ3) is 2.78. The minimum Gasteiger partial charge on any atom is -0.496 e. The van der Waals surface area contributed by atoms with Crippen LogP contribution in [0.15, 0.2) is 18.2 Å². The highest BCUT2D eigenvalue weighted by molar-refractivity contribution is 6.30. The van der Waals surface area contributed by atoms with Crippen molar-refractivity contribution in [2.45, 2.75) is 25.8 Å². The van der Waals surface area contributed by atoms with E-state index in [-0.39, 0.29) is 11.8 Å². The molecule has 1 saturated carbocycles. The van der Waals surface area contributed by atoms with Crippen LogP contribution in [0.4, 0.5) is 0 Å². The standard InChI is InChI=1S/C14H18ClNO2/c1-16(14(17)10-4-3-5-10)9-11-8-12(15)6-7-13(11)18-2/h6-8,10H,3-5,9H2,1-2H3. The van der Waals surface area contributed by atoms with Crippen LogP contribution in [-0.4, -0.2) is 25.0 Å². The summed E-state index contributed by atoms with van der Waals surface area (Å²) >= 11 is 5.98. The van der Waals surface area contributed by atoms with Crippen LogP contribution in [0.3, 0.4) is 0 Å². The maximum atomic E-state index is 12.1. The Morgan fingerprint density at radius 2 is 2.22 bits per heavy atom. The number of hydrogen-bond donors (Lipinski definition) is 0. The van der Waals surface area contributed by atoms with Crippen molar-refractivity contribution in [3.8, 4) is 5.75 Å². The molecule has 4 heteroatoms. The molecule has 0 radical (unpaired) electrons. The normalized spacial score (nSPS) is 15.1. The summed E-state index contributed by atoms with van der Waals surface area (Å²) in [5.74, 6) is 1.22. The van der Waals surface area contributed by atoms with E-state index in [0.29, 0.717) is 11.6 Å². The van der Waals surface area contributed by atoms with Crippen molar-refractivity contribution in [2.24, 2.45) is 5.92 Å². The minimum atomic E-state index is 0.222. The molecule has 1 aromatic rings. The predicted molar refractivity (Wildman–Crippen MR) is 71.8 cm³/mol. The molecule has 0 bridgehead atoms. The Balaban J connectivity index is 2.07. The minimum absolute atomic E-state index is 0.222. The fraction of sp³-hybridized carbons (Fsp3) is 0.500. The average Bonchev–Trinajstić information content (AvgIpc) is 2.27. The molecule has 1 amide bonds. The van der Waals surface area contributed by atoms with E-state index in [2.05, 4.69) is 0 Å². The Hall–Kier alpha value is -1.22. The molecule has 2 rings (SSSR count). The summed E-state index contributed by atoms with van der Waals surface area (Å²) in [5, 5.41) is 0.662. The van der Waals surface area contributed by atoms with Crippen molar-refractivity contribution in [2.75, 3.05) is 14.2 Å². The average molecular weight is 268 g/mol. The van der Waals surface area contributed by atoms with Gasteiger partial charge in [-0.15, -0.1) is 0 Å². The Bertz CT molecular complexity index is 443. The van der Waals surface area contributed by atoms with Crippen molar-refractivity contribution >= 4 is 17.5 Å². The van der Waals surface area contributed by atoms with Crippen LogP contribution in [-0.2, 0) is 11.3 Å². The fourth-order valence-corrected chi connectivity index (χ4v) is 2.37. The molecular formula is C14H18ClNO2. The number of amides is 1. The predicted octanol–water partition coefficient (Wildman–Crippen LogP) is 3.11. The second kappa shape index (κ2) is 5.61. The first-order valence-corrected chi connectivity index (χ1v) is 6.57. The van der Waals surface area contributed by atoms with E-state index in [1.165, 1.54) is 6.42 Å². The number of benzene rings is 1. The van der Waals surface area contributed by atoms with Gasteiger partial charge >= 0.3 is 0 Å². The van der Waals surface area contributed by atoms with Crippen molar-refractivity contribution in [1.29, 1.82) is 0 Å². The smallest absolute Gasteiger partial charge is 0.225 e. The summed E-state index contributed by atoms with van der Waals surface area (Å²) in [6.45, 7) is 0.541. The van der Waals surface area contributed by atoms with Crippen LogP contribution in [0.25, 0.3) is 0 Å². The first-order valence-electron chi connectivity index (χ1n) is 6.19. The van der Waals surface area contributed by atoms with Gasteiger partial charge in [-0.25, -0.2) is 0 Å². The summed E-state index contributed by atoms with van der Waals surface area (Å²) in [4.78, 5) is 13.8. The van der Waals surface area contributed by atoms with Gasteiger partial charge in [-0.1, -0.05) is 18.0 Å². The quantitative estimate of drug-likeness (QED) is 0.839. The number of carbonyl (C=O) groups excluding carboxylic acids is 1. The zero-order chi connectivity index (χ0) is 13.1. The monoisotopic (exact) mass is 267 g/mol. The highest BCUT2D eigenvalue weighted by atomic mass is 35.5. The number of nitrogens with zero attached hydrogens (tertiary/aromatic N) is 1. The van der Waals surface area contributed by atoms with Crippen molar-refractivity contribution in [3.05, 3.63) is 28.8 Å². The van der Waals surface area contributed by atoms with Crippen molar-refractivity contribution in [3.63, 3.8) is 0 Å². The lowest BCUT2D eigenvalue weighted by Gasteiger charge is -2.29. The van der Waals surface area contributed by atoms with Crippen LogP contribution in [0.1, 0.15) is 24.8 Å². The number of carbonyl (C=O) groups is 1. The zero-order valence-corrected chi connectivity index (χ0v) is 11.5. The van der Waals surface area contributed by atoms with Gasteiger partial charge in [0.15, 0.2) is 0 Å².